The standard InChI is InChI=1S/C21H40O4.C8H18O2.Na.H/c1-3-4-5-6-7-8-9-10-11-12-13-14-15-16-17-18-20(23)25-21(24)19(2)22;1-3-5-8(10)7(4-2)6-9;;/h19,22H,3-18H2,1-2H3;7-10H,3-6H2,1-2H3;;. The molecule has 0 rings (SSSR count). The second kappa shape index (κ2) is 31.2. The topological polar surface area (TPSA) is 104 Å². The summed E-state index contributed by atoms with van der Waals surface area (Å²) in [6.07, 6.45) is 20.5. The first-order chi connectivity index (χ1) is 16.8. The van der Waals surface area contributed by atoms with Gasteiger partial charge in [0.1, 0.15) is 6.10 Å². The van der Waals surface area contributed by atoms with Crippen LogP contribution in [0, 0.1) is 5.92 Å². The zero-order chi connectivity index (χ0) is 26.7. The molecule has 0 heterocycles. The van der Waals surface area contributed by atoms with E-state index >= 15 is 0 Å². The Labute approximate surface area is 244 Å². The Balaban J connectivity index is -0.000000834. The van der Waals surface area contributed by atoms with Gasteiger partial charge in [0, 0.05) is 18.9 Å². The van der Waals surface area contributed by atoms with Crippen LogP contribution in [-0.4, -0.2) is 75.6 Å². The van der Waals surface area contributed by atoms with Gasteiger partial charge in [0.15, 0.2) is 0 Å². The average Bonchev–Trinajstić information content (AvgIpc) is 2.83. The van der Waals surface area contributed by atoms with Crippen molar-refractivity contribution in [2.45, 2.75) is 162 Å². The van der Waals surface area contributed by atoms with Crippen LogP contribution in [0.3, 0.4) is 0 Å². The summed E-state index contributed by atoms with van der Waals surface area (Å²) in [4.78, 5) is 22.4. The van der Waals surface area contributed by atoms with Gasteiger partial charge in [-0.3, -0.25) is 4.79 Å². The first-order valence-electron chi connectivity index (χ1n) is 14.5. The third-order valence-electron chi connectivity index (χ3n) is 6.43. The third kappa shape index (κ3) is 28.6. The number of rotatable bonds is 22. The quantitative estimate of drug-likeness (QED) is 0.0670. The fourth-order valence-electron chi connectivity index (χ4n) is 3.94. The van der Waals surface area contributed by atoms with Gasteiger partial charge in [-0.25, -0.2) is 4.79 Å². The number of esters is 2. The van der Waals surface area contributed by atoms with Crippen LogP contribution in [0.2, 0.25) is 0 Å². The number of aliphatic hydroxyl groups is 3. The number of ether oxygens (including phenoxy) is 1. The molecule has 212 valence electrons. The molecule has 0 saturated heterocycles. The van der Waals surface area contributed by atoms with Crippen LogP contribution in [0.15, 0.2) is 0 Å². The van der Waals surface area contributed by atoms with Gasteiger partial charge in [0.2, 0.25) is 0 Å². The monoisotopic (exact) mass is 526 g/mol. The predicted molar refractivity (Wildman–Crippen MR) is 151 cm³/mol. The summed E-state index contributed by atoms with van der Waals surface area (Å²) < 4.78 is 4.50. The molecular weight excluding hydrogens is 467 g/mol. The van der Waals surface area contributed by atoms with Crippen LogP contribution >= 0.6 is 0 Å². The zero-order valence-electron chi connectivity index (χ0n) is 23.4. The minimum atomic E-state index is -1.23. The van der Waals surface area contributed by atoms with Crippen LogP contribution in [0.5, 0.6) is 0 Å². The van der Waals surface area contributed by atoms with Gasteiger partial charge in [0.25, 0.3) is 0 Å². The van der Waals surface area contributed by atoms with Crippen molar-refractivity contribution in [3.63, 3.8) is 0 Å². The van der Waals surface area contributed by atoms with Gasteiger partial charge in [-0.15, -0.1) is 0 Å². The van der Waals surface area contributed by atoms with E-state index in [1.165, 1.54) is 84.0 Å². The molecule has 7 heteroatoms. The maximum absolute atomic E-state index is 11.3. The molecular formula is C29H59NaO6. The number of unbranched alkanes of at least 4 members (excludes halogenated alkanes) is 14. The molecule has 0 spiro atoms. The van der Waals surface area contributed by atoms with Crippen LogP contribution in [-0.2, 0) is 14.3 Å². The molecule has 0 bridgehead atoms. The Morgan fingerprint density at radius 3 is 1.44 bits per heavy atom. The summed E-state index contributed by atoms with van der Waals surface area (Å²) in [5.41, 5.74) is 0. The fourth-order valence-corrected chi connectivity index (χ4v) is 3.94. The number of hydrogen-bond acceptors (Lipinski definition) is 6. The van der Waals surface area contributed by atoms with Crippen LogP contribution < -0.4 is 0 Å². The molecule has 0 fully saturated rings. The van der Waals surface area contributed by atoms with Gasteiger partial charge in [-0.1, -0.05) is 117 Å². The number of carbonyl (C=O) groups excluding carboxylic acids is 2. The van der Waals surface area contributed by atoms with E-state index in [1.54, 1.807) is 0 Å². The normalized spacial score (nSPS) is 13.1. The molecule has 3 atom stereocenters. The molecule has 0 aromatic rings. The second-order valence-electron chi connectivity index (χ2n) is 9.88. The fraction of sp³-hybridized carbons (Fsp3) is 0.931. The Hall–Kier alpha value is 0.0200. The van der Waals surface area contributed by atoms with Crippen molar-refractivity contribution in [2.24, 2.45) is 5.92 Å². The van der Waals surface area contributed by atoms with Crippen LogP contribution in [0.1, 0.15) is 150 Å². The van der Waals surface area contributed by atoms with Gasteiger partial charge in [0.05, 0.1) is 6.10 Å². The molecule has 0 saturated carbocycles. The SMILES string of the molecule is CCCC(O)C(CC)CO.CCCCCCCCCCCCCCCCCC(=O)OC(=O)C(C)O.[NaH]. The summed E-state index contributed by atoms with van der Waals surface area (Å²) in [6.45, 7) is 7.68. The van der Waals surface area contributed by atoms with Crippen molar-refractivity contribution in [2.75, 3.05) is 6.61 Å². The van der Waals surface area contributed by atoms with Crippen molar-refractivity contribution in [1.29, 1.82) is 0 Å². The van der Waals surface area contributed by atoms with E-state index < -0.39 is 18.0 Å². The Bertz CT molecular complexity index is 469. The number of hydrogen-bond donors (Lipinski definition) is 3. The van der Waals surface area contributed by atoms with E-state index in [0.717, 1.165) is 38.5 Å². The van der Waals surface area contributed by atoms with Crippen molar-refractivity contribution < 1.29 is 29.6 Å². The van der Waals surface area contributed by atoms with Crippen molar-refractivity contribution in [3.05, 3.63) is 0 Å². The van der Waals surface area contributed by atoms with Crippen LogP contribution in [0.25, 0.3) is 0 Å². The molecule has 0 aromatic carbocycles. The molecule has 0 radical (unpaired) electrons. The maximum atomic E-state index is 11.3. The summed E-state index contributed by atoms with van der Waals surface area (Å²) >= 11 is 0. The average molecular weight is 527 g/mol. The molecule has 6 nitrogen and oxygen atoms in total. The molecule has 0 aliphatic rings. The Kier molecular flexibility index (Phi) is 35.2. The predicted octanol–water partition coefficient (Wildman–Crippen LogP) is 6.22. The van der Waals surface area contributed by atoms with Crippen molar-refractivity contribution in [3.8, 4) is 0 Å². The van der Waals surface area contributed by atoms with Crippen molar-refractivity contribution in [1.82, 2.24) is 0 Å². The van der Waals surface area contributed by atoms with E-state index in [0.29, 0.717) is 0 Å². The molecule has 36 heavy (non-hydrogen) atoms. The van der Waals surface area contributed by atoms with Gasteiger partial charge in [-0.05, 0) is 26.2 Å². The molecule has 0 aromatic heterocycles. The Morgan fingerprint density at radius 2 is 1.11 bits per heavy atom. The van der Waals surface area contributed by atoms with Crippen molar-refractivity contribution >= 4 is 41.5 Å². The second-order valence-corrected chi connectivity index (χ2v) is 9.88. The van der Waals surface area contributed by atoms with E-state index in [1.807, 2.05) is 13.8 Å². The van der Waals surface area contributed by atoms with E-state index in [4.69, 9.17) is 10.2 Å². The van der Waals surface area contributed by atoms with Gasteiger partial charge < -0.3 is 20.1 Å². The Morgan fingerprint density at radius 1 is 0.694 bits per heavy atom. The summed E-state index contributed by atoms with van der Waals surface area (Å²) in [6, 6.07) is 0. The van der Waals surface area contributed by atoms with Gasteiger partial charge in [-0.2, -0.15) is 0 Å². The summed E-state index contributed by atoms with van der Waals surface area (Å²) in [7, 11) is 0. The first kappa shape index (κ1) is 40.5. The zero-order valence-corrected chi connectivity index (χ0v) is 23.4. The third-order valence-corrected chi connectivity index (χ3v) is 6.43. The van der Waals surface area contributed by atoms with E-state index in [9.17, 15) is 14.7 Å². The van der Waals surface area contributed by atoms with Gasteiger partial charge >= 0.3 is 41.5 Å². The summed E-state index contributed by atoms with van der Waals surface area (Å²) in [5, 5.41) is 27.1. The minimum absolute atomic E-state index is 0. The first-order valence-corrected chi connectivity index (χ1v) is 14.5. The summed E-state index contributed by atoms with van der Waals surface area (Å²) in [5.74, 6) is -1.30. The number of aliphatic hydroxyl groups excluding tert-OH is 3. The van der Waals surface area contributed by atoms with E-state index in [-0.39, 0.29) is 54.6 Å². The van der Waals surface area contributed by atoms with Crippen LogP contribution in [0.4, 0.5) is 0 Å². The molecule has 0 aliphatic heterocycles. The molecule has 0 amide bonds. The number of carbonyl (C=O) groups is 2. The molecule has 3 unspecified atom stereocenters. The molecule has 3 N–H and O–H groups in total. The van der Waals surface area contributed by atoms with E-state index in [2.05, 4.69) is 11.7 Å². The molecule has 0 aliphatic carbocycles.